The van der Waals surface area contributed by atoms with Crippen molar-refractivity contribution in [3.05, 3.63) is 23.8 Å². The van der Waals surface area contributed by atoms with E-state index in [-0.39, 0.29) is 17.2 Å². The lowest BCUT2D eigenvalue weighted by atomic mass is 9.99. The summed E-state index contributed by atoms with van der Waals surface area (Å²) in [5, 5.41) is 11.8. The van der Waals surface area contributed by atoms with E-state index in [1.54, 1.807) is 6.07 Å². The van der Waals surface area contributed by atoms with Gasteiger partial charge in [-0.05, 0) is 18.1 Å². The Hall–Kier alpha value is -2.04. The second-order valence-electron chi connectivity index (χ2n) is 4.66. The van der Waals surface area contributed by atoms with E-state index in [2.05, 4.69) is 19.2 Å². The Morgan fingerprint density at radius 2 is 1.95 bits per heavy atom. The van der Waals surface area contributed by atoms with Crippen molar-refractivity contribution in [1.29, 1.82) is 0 Å². The predicted molar refractivity (Wildman–Crippen MR) is 77.3 cm³/mol. The number of hydrogen-bond donors (Lipinski definition) is 2. The quantitative estimate of drug-likeness (QED) is 0.804. The summed E-state index contributed by atoms with van der Waals surface area (Å²) in [6, 6.07) is 4.51. The van der Waals surface area contributed by atoms with Crippen LogP contribution in [-0.2, 0) is 4.79 Å². The summed E-state index contributed by atoms with van der Waals surface area (Å²) >= 11 is 0. The molecule has 0 saturated carbocycles. The zero-order chi connectivity index (χ0) is 15.1. The second kappa shape index (κ2) is 7.53. The Morgan fingerprint density at radius 3 is 2.45 bits per heavy atom. The average Bonchev–Trinajstić information content (AvgIpc) is 2.44. The van der Waals surface area contributed by atoms with Crippen LogP contribution < -0.4 is 10.1 Å². The highest BCUT2D eigenvalue weighted by Crippen LogP contribution is 2.23. The first-order chi connectivity index (χ1) is 9.51. The highest BCUT2D eigenvalue weighted by atomic mass is 16.5. The van der Waals surface area contributed by atoms with Gasteiger partial charge in [0.15, 0.2) is 0 Å². The molecule has 1 rings (SSSR count). The topological polar surface area (TPSA) is 75.6 Å². The number of anilines is 1. The molecule has 0 radical (unpaired) electrons. The van der Waals surface area contributed by atoms with Gasteiger partial charge in [-0.3, -0.25) is 4.79 Å². The van der Waals surface area contributed by atoms with Gasteiger partial charge >= 0.3 is 5.97 Å². The fourth-order valence-corrected chi connectivity index (χ4v) is 2.00. The maximum Gasteiger partial charge on any atom is 0.339 e. The van der Waals surface area contributed by atoms with Crippen LogP contribution in [0, 0.1) is 5.92 Å². The summed E-state index contributed by atoms with van der Waals surface area (Å²) in [7, 11) is 1.40. The number of ether oxygens (including phenoxy) is 1. The van der Waals surface area contributed by atoms with Crippen molar-refractivity contribution in [3.8, 4) is 5.75 Å². The van der Waals surface area contributed by atoms with Crippen LogP contribution in [0.4, 0.5) is 5.69 Å². The van der Waals surface area contributed by atoms with Crippen LogP contribution in [0.15, 0.2) is 18.2 Å². The predicted octanol–water partition coefficient (Wildman–Crippen LogP) is 3.16. The molecule has 110 valence electrons. The SMILES string of the molecule is CCC(CC)CC(=O)Nc1ccc(C(=O)O)c(OC)c1. The molecule has 5 heteroatoms. The number of methoxy groups -OCH3 is 1. The number of hydrogen-bond acceptors (Lipinski definition) is 3. The van der Waals surface area contributed by atoms with Crippen LogP contribution in [0.5, 0.6) is 5.75 Å². The van der Waals surface area contributed by atoms with Crippen LogP contribution in [0.25, 0.3) is 0 Å². The maximum absolute atomic E-state index is 11.9. The van der Waals surface area contributed by atoms with Gasteiger partial charge in [0.1, 0.15) is 11.3 Å². The van der Waals surface area contributed by atoms with E-state index in [9.17, 15) is 9.59 Å². The lowest BCUT2D eigenvalue weighted by Crippen LogP contribution is -2.16. The number of aromatic carboxylic acids is 1. The number of rotatable bonds is 7. The molecular formula is C15H21NO4. The first-order valence-electron chi connectivity index (χ1n) is 6.72. The first kappa shape index (κ1) is 16.0. The number of carbonyl (C=O) groups excluding carboxylic acids is 1. The molecule has 0 aliphatic rings. The summed E-state index contributed by atoms with van der Waals surface area (Å²) in [5.74, 6) is -0.520. The Bertz CT molecular complexity index is 481. The summed E-state index contributed by atoms with van der Waals surface area (Å²) in [6.07, 6.45) is 2.40. The zero-order valence-electron chi connectivity index (χ0n) is 12.1. The molecule has 0 aliphatic heterocycles. The van der Waals surface area contributed by atoms with Crippen molar-refractivity contribution in [2.24, 2.45) is 5.92 Å². The molecule has 0 aromatic heterocycles. The van der Waals surface area contributed by atoms with E-state index in [4.69, 9.17) is 9.84 Å². The van der Waals surface area contributed by atoms with Gasteiger partial charge in [0, 0.05) is 18.2 Å². The largest absolute Gasteiger partial charge is 0.496 e. The van der Waals surface area contributed by atoms with Gasteiger partial charge in [0.25, 0.3) is 0 Å². The van der Waals surface area contributed by atoms with Crippen molar-refractivity contribution >= 4 is 17.6 Å². The van der Waals surface area contributed by atoms with Crippen LogP contribution in [0.1, 0.15) is 43.5 Å². The van der Waals surface area contributed by atoms with Crippen LogP contribution in [0.2, 0.25) is 0 Å². The third-order valence-electron chi connectivity index (χ3n) is 3.34. The number of carbonyl (C=O) groups is 2. The lowest BCUT2D eigenvalue weighted by Gasteiger charge is -2.13. The molecule has 0 fully saturated rings. The fraction of sp³-hybridized carbons (Fsp3) is 0.467. The monoisotopic (exact) mass is 279 g/mol. The standard InChI is InChI=1S/C15H21NO4/c1-4-10(5-2)8-14(17)16-11-6-7-12(15(18)19)13(9-11)20-3/h6-7,9-10H,4-5,8H2,1-3H3,(H,16,17)(H,18,19). The summed E-state index contributed by atoms with van der Waals surface area (Å²) in [5.41, 5.74) is 0.619. The van der Waals surface area contributed by atoms with Crippen molar-refractivity contribution < 1.29 is 19.4 Å². The minimum absolute atomic E-state index is 0.0659. The summed E-state index contributed by atoms with van der Waals surface area (Å²) in [4.78, 5) is 22.9. The summed E-state index contributed by atoms with van der Waals surface area (Å²) in [6.45, 7) is 4.12. The molecule has 2 N–H and O–H groups in total. The molecule has 0 atom stereocenters. The third kappa shape index (κ3) is 4.26. The molecule has 0 saturated heterocycles. The number of amides is 1. The zero-order valence-corrected chi connectivity index (χ0v) is 12.1. The van der Waals surface area contributed by atoms with Gasteiger partial charge in [-0.2, -0.15) is 0 Å². The number of nitrogens with one attached hydrogen (secondary N) is 1. The van der Waals surface area contributed by atoms with E-state index in [1.807, 2.05) is 0 Å². The van der Waals surface area contributed by atoms with E-state index >= 15 is 0 Å². The molecule has 5 nitrogen and oxygen atoms in total. The van der Waals surface area contributed by atoms with E-state index in [0.717, 1.165) is 12.8 Å². The molecule has 20 heavy (non-hydrogen) atoms. The van der Waals surface area contributed by atoms with E-state index in [1.165, 1.54) is 19.2 Å². The molecule has 1 amide bonds. The molecule has 0 bridgehead atoms. The molecule has 1 aromatic rings. The molecular weight excluding hydrogens is 258 g/mol. The van der Waals surface area contributed by atoms with Crippen molar-refractivity contribution in [2.45, 2.75) is 33.1 Å². The van der Waals surface area contributed by atoms with Gasteiger partial charge in [-0.15, -0.1) is 0 Å². The third-order valence-corrected chi connectivity index (χ3v) is 3.34. The van der Waals surface area contributed by atoms with Gasteiger partial charge in [0.2, 0.25) is 5.91 Å². The van der Waals surface area contributed by atoms with E-state index < -0.39 is 5.97 Å². The van der Waals surface area contributed by atoms with Gasteiger partial charge in [0.05, 0.1) is 7.11 Å². The van der Waals surface area contributed by atoms with Crippen LogP contribution in [-0.4, -0.2) is 24.1 Å². The normalized spacial score (nSPS) is 10.4. The Morgan fingerprint density at radius 1 is 1.30 bits per heavy atom. The first-order valence-corrected chi connectivity index (χ1v) is 6.72. The molecule has 0 spiro atoms. The maximum atomic E-state index is 11.9. The smallest absolute Gasteiger partial charge is 0.339 e. The van der Waals surface area contributed by atoms with Gasteiger partial charge in [-0.25, -0.2) is 4.79 Å². The molecule has 0 heterocycles. The number of benzene rings is 1. The van der Waals surface area contributed by atoms with Crippen molar-refractivity contribution in [1.82, 2.24) is 0 Å². The number of carboxylic acid groups (broad SMARTS) is 1. The van der Waals surface area contributed by atoms with Gasteiger partial charge < -0.3 is 15.2 Å². The molecule has 0 unspecified atom stereocenters. The van der Waals surface area contributed by atoms with Gasteiger partial charge in [-0.1, -0.05) is 26.7 Å². The van der Waals surface area contributed by atoms with Crippen molar-refractivity contribution in [2.75, 3.05) is 12.4 Å². The summed E-state index contributed by atoms with van der Waals surface area (Å²) < 4.78 is 5.02. The molecule has 1 aromatic carbocycles. The van der Waals surface area contributed by atoms with Crippen molar-refractivity contribution in [3.63, 3.8) is 0 Å². The Kier molecular flexibility index (Phi) is 6.03. The van der Waals surface area contributed by atoms with Crippen LogP contribution in [0.3, 0.4) is 0 Å². The van der Waals surface area contributed by atoms with Crippen LogP contribution >= 0.6 is 0 Å². The fourth-order valence-electron chi connectivity index (χ4n) is 2.00. The Balaban J connectivity index is 2.78. The second-order valence-corrected chi connectivity index (χ2v) is 4.66. The highest BCUT2D eigenvalue weighted by Gasteiger charge is 2.14. The van der Waals surface area contributed by atoms with E-state index in [0.29, 0.717) is 18.0 Å². The lowest BCUT2D eigenvalue weighted by molar-refractivity contribution is -0.117. The number of carboxylic acids is 1. The average molecular weight is 279 g/mol. The Labute approximate surface area is 118 Å². The minimum atomic E-state index is -1.06. The highest BCUT2D eigenvalue weighted by molar-refractivity contribution is 5.94. The minimum Gasteiger partial charge on any atom is -0.496 e. The molecule has 0 aliphatic carbocycles.